The summed E-state index contributed by atoms with van der Waals surface area (Å²) in [5.41, 5.74) is 8.84. The van der Waals surface area contributed by atoms with E-state index in [1.807, 2.05) is 49.4 Å². The molecule has 0 aliphatic heterocycles. The maximum atomic E-state index is 12.7. The Balaban J connectivity index is 2.04. The van der Waals surface area contributed by atoms with Gasteiger partial charge in [0.25, 0.3) is 0 Å². The molecule has 2 N–H and O–H groups in total. The lowest BCUT2D eigenvalue weighted by Gasteiger charge is -2.09. The summed E-state index contributed by atoms with van der Waals surface area (Å²) in [5.74, 6) is 0.783. The normalized spacial score (nSPS) is 10.5. The largest absolute Gasteiger partial charge is 0.494 e. The molecule has 0 bridgehead atoms. The summed E-state index contributed by atoms with van der Waals surface area (Å²) in [4.78, 5) is 12.7. The highest BCUT2D eigenvalue weighted by atomic mass is 16.5. The minimum atomic E-state index is -0.146. The summed E-state index contributed by atoms with van der Waals surface area (Å²) in [5, 5.41) is 4.25. The molecule has 0 amide bonds. The van der Waals surface area contributed by atoms with Crippen molar-refractivity contribution in [3.8, 4) is 11.4 Å². The zero-order chi connectivity index (χ0) is 16.4. The van der Waals surface area contributed by atoms with E-state index in [4.69, 9.17) is 10.5 Å². The van der Waals surface area contributed by atoms with Gasteiger partial charge in [0.15, 0.2) is 5.78 Å². The summed E-state index contributed by atoms with van der Waals surface area (Å²) in [6.45, 7) is 1.94. The lowest BCUT2D eigenvalue weighted by Crippen LogP contribution is -2.08. The van der Waals surface area contributed by atoms with Gasteiger partial charge >= 0.3 is 0 Å². The highest BCUT2D eigenvalue weighted by Gasteiger charge is 2.19. The van der Waals surface area contributed by atoms with Crippen molar-refractivity contribution >= 4 is 11.6 Å². The smallest absolute Gasteiger partial charge is 0.198 e. The maximum Gasteiger partial charge on any atom is 0.198 e. The summed E-state index contributed by atoms with van der Waals surface area (Å²) in [6, 6.07) is 14.8. The predicted molar refractivity (Wildman–Crippen MR) is 89.1 cm³/mol. The van der Waals surface area contributed by atoms with Gasteiger partial charge in [-0.05, 0) is 25.1 Å². The van der Waals surface area contributed by atoms with Gasteiger partial charge in [-0.1, -0.05) is 35.9 Å². The number of hydrogen-bond donors (Lipinski definition) is 1. The third-order valence-corrected chi connectivity index (χ3v) is 3.64. The maximum absolute atomic E-state index is 12.7. The zero-order valence-corrected chi connectivity index (χ0v) is 13.0. The number of ether oxygens (including phenoxy) is 1. The fourth-order valence-electron chi connectivity index (χ4n) is 2.47. The van der Waals surface area contributed by atoms with Crippen LogP contribution in [-0.4, -0.2) is 22.7 Å². The Hall–Kier alpha value is -3.08. The number of carbonyl (C=O) groups is 1. The van der Waals surface area contributed by atoms with Gasteiger partial charge in [0.1, 0.15) is 17.3 Å². The van der Waals surface area contributed by atoms with Crippen molar-refractivity contribution in [2.45, 2.75) is 6.92 Å². The number of aryl methyl sites for hydroxylation is 1. The van der Waals surface area contributed by atoms with Gasteiger partial charge < -0.3 is 10.5 Å². The van der Waals surface area contributed by atoms with Crippen molar-refractivity contribution in [1.82, 2.24) is 9.78 Å². The number of rotatable bonds is 4. The van der Waals surface area contributed by atoms with Crippen molar-refractivity contribution in [2.75, 3.05) is 12.8 Å². The number of nitrogens with two attached hydrogens (primary N) is 1. The molecule has 0 aliphatic rings. The second kappa shape index (κ2) is 5.96. The lowest BCUT2D eigenvalue weighted by atomic mass is 10.0. The monoisotopic (exact) mass is 307 g/mol. The molecule has 1 heterocycles. The Kier molecular flexibility index (Phi) is 3.85. The minimum absolute atomic E-state index is 0.146. The van der Waals surface area contributed by atoms with E-state index in [0.717, 1.165) is 5.56 Å². The number of ketones is 1. The van der Waals surface area contributed by atoms with Crippen LogP contribution in [0.25, 0.3) is 5.69 Å². The minimum Gasteiger partial charge on any atom is -0.494 e. The van der Waals surface area contributed by atoms with E-state index >= 15 is 0 Å². The van der Waals surface area contributed by atoms with Gasteiger partial charge in [0, 0.05) is 5.56 Å². The van der Waals surface area contributed by atoms with Gasteiger partial charge in [-0.3, -0.25) is 4.79 Å². The SMILES string of the molecule is COc1ccccc1-n1ncc(C(=O)c2cccc(C)c2)c1N. The van der Waals surface area contributed by atoms with E-state index in [9.17, 15) is 4.79 Å². The number of nitrogens with zero attached hydrogens (tertiary/aromatic N) is 2. The predicted octanol–water partition coefficient (Wildman–Crippen LogP) is 3.00. The van der Waals surface area contributed by atoms with Crippen LogP contribution in [-0.2, 0) is 0 Å². The van der Waals surface area contributed by atoms with Crippen molar-refractivity contribution in [1.29, 1.82) is 0 Å². The number of carbonyl (C=O) groups excluding carboxylic acids is 1. The number of hydrogen-bond acceptors (Lipinski definition) is 4. The molecule has 0 saturated carbocycles. The highest BCUT2D eigenvalue weighted by Crippen LogP contribution is 2.26. The molecule has 3 rings (SSSR count). The topological polar surface area (TPSA) is 70.1 Å². The summed E-state index contributed by atoms with van der Waals surface area (Å²) >= 11 is 0. The second-order valence-corrected chi connectivity index (χ2v) is 5.23. The van der Waals surface area contributed by atoms with Crippen LogP contribution in [0, 0.1) is 6.92 Å². The van der Waals surface area contributed by atoms with Crippen LogP contribution < -0.4 is 10.5 Å². The Morgan fingerprint density at radius 3 is 2.70 bits per heavy atom. The van der Waals surface area contributed by atoms with Gasteiger partial charge in [0.2, 0.25) is 0 Å². The molecule has 3 aromatic rings. The first kappa shape index (κ1) is 14.8. The third kappa shape index (κ3) is 2.68. The first-order valence-corrected chi connectivity index (χ1v) is 7.20. The molecule has 0 fully saturated rings. The third-order valence-electron chi connectivity index (χ3n) is 3.64. The van der Waals surface area contributed by atoms with Gasteiger partial charge in [-0.15, -0.1) is 0 Å². The van der Waals surface area contributed by atoms with Gasteiger partial charge in [0.05, 0.1) is 18.9 Å². The number of anilines is 1. The molecule has 0 unspecified atom stereocenters. The molecule has 0 atom stereocenters. The van der Waals surface area contributed by atoms with Gasteiger partial charge in [-0.25, -0.2) is 4.68 Å². The fraction of sp³-hybridized carbons (Fsp3) is 0.111. The van der Waals surface area contributed by atoms with E-state index in [1.165, 1.54) is 10.9 Å². The molecule has 0 radical (unpaired) electrons. The van der Waals surface area contributed by atoms with Crippen LogP contribution in [0.2, 0.25) is 0 Å². The molecule has 0 aliphatic carbocycles. The molecule has 2 aromatic carbocycles. The Morgan fingerprint density at radius 2 is 1.96 bits per heavy atom. The number of nitrogen functional groups attached to an aromatic ring is 1. The van der Waals surface area contributed by atoms with E-state index in [-0.39, 0.29) is 5.78 Å². The van der Waals surface area contributed by atoms with Crippen molar-refractivity contribution < 1.29 is 9.53 Å². The van der Waals surface area contributed by atoms with E-state index in [1.54, 1.807) is 13.2 Å². The van der Waals surface area contributed by atoms with E-state index in [2.05, 4.69) is 5.10 Å². The molecular weight excluding hydrogens is 290 g/mol. The Labute approximate surface area is 134 Å². The summed E-state index contributed by atoms with van der Waals surface area (Å²) < 4.78 is 6.84. The Bertz CT molecular complexity index is 868. The molecule has 0 saturated heterocycles. The fourth-order valence-corrected chi connectivity index (χ4v) is 2.47. The highest BCUT2D eigenvalue weighted by molar-refractivity contribution is 6.11. The number of aromatic nitrogens is 2. The molecule has 23 heavy (non-hydrogen) atoms. The first-order chi connectivity index (χ1) is 11.1. The number of benzene rings is 2. The van der Waals surface area contributed by atoms with Crippen molar-refractivity contribution in [3.63, 3.8) is 0 Å². The van der Waals surface area contributed by atoms with Crippen LogP contribution >= 0.6 is 0 Å². The molecule has 116 valence electrons. The summed E-state index contributed by atoms with van der Waals surface area (Å²) in [6.07, 6.45) is 1.49. The standard InChI is InChI=1S/C18H17N3O2/c1-12-6-5-7-13(10-12)17(22)14-11-20-21(18(14)19)15-8-3-4-9-16(15)23-2/h3-11H,19H2,1-2H3. The van der Waals surface area contributed by atoms with Crippen molar-refractivity contribution in [3.05, 3.63) is 71.4 Å². The number of methoxy groups -OCH3 is 1. The van der Waals surface area contributed by atoms with Crippen LogP contribution in [0.4, 0.5) is 5.82 Å². The Morgan fingerprint density at radius 1 is 1.17 bits per heavy atom. The van der Waals surface area contributed by atoms with Crippen molar-refractivity contribution in [2.24, 2.45) is 0 Å². The number of para-hydroxylation sites is 2. The average Bonchev–Trinajstić information content (AvgIpc) is 2.95. The van der Waals surface area contributed by atoms with E-state index < -0.39 is 0 Å². The lowest BCUT2D eigenvalue weighted by molar-refractivity contribution is 0.103. The van der Waals surface area contributed by atoms with Crippen LogP contribution in [0.3, 0.4) is 0 Å². The average molecular weight is 307 g/mol. The van der Waals surface area contributed by atoms with Crippen LogP contribution in [0.5, 0.6) is 5.75 Å². The second-order valence-electron chi connectivity index (χ2n) is 5.23. The van der Waals surface area contributed by atoms with Crippen LogP contribution in [0.1, 0.15) is 21.5 Å². The molecule has 1 aromatic heterocycles. The molecule has 0 spiro atoms. The molecule has 5 heteroatoms. The summed E-state index contributed by atoms with van der Waals surface area (Å²) in [7, 11) is 1.58. The zero-order valence-electron chi connectivity index (χ0n) is 13.0. The molecular formula is C18H17N3O2. The van der Waals surface area contributed by atoms with Gasteiger partial charge in [-0.2, -0.15) is 5.10 Å². The van der Waals surface area contributed by atoms with Crippen LogP contribution in [0.15, 0.2) is 54.7 Å². The molecule has 5 nitrogen and oxygen atoms in total. The first-order valence-electron chi connectivity index (χ1n) is 7.20. The quantitative estimate of drug-likeness (QED) is 0.752. The van der Waals surface area contributed by atoms with E-state index in [0.29, 0.717) is 28.4 Å².